The number of nitrogens with one attached hydrogen (secondary N) is 1. The lowest BCUT2D eigenvalue weighted by Gasteiger charge is -2.08. The summed E-state index contributed by atoms with van der Waals surface area (Å²) in [6.45, 7) is 0.757. The number of halogens is 1. The number of nitrogen functional groups attached to an aromatic ring is 1. The number of benzene rings is 2. The Bertz CT molecular complexity index is 466. The molecule has 2 aromatic carbocycles. The molecule has 0 aliphatic heterocycles. The monoisotopic (exact) mass is 324 g/mol. The van der Waals surface area contributed by atoms with Gasteiger partial charge in [-0.2, -0.15) is 0 Å². The third-order valence-electron chi connectivity index (χ3n) is 2.38. The molecule has 0 radical (unpaired) electrons. The van der Waals surface area contributed by atoms with Crippen LogP contribution in [0, 0.1) is 3.57 Å². The second-order valence-electron chi connectivity index (χ2n) is 3.56. The van der Waals surface area contributed by atoms with Crippen LogP contribution in [0.5, 0.6) is 0 Å². The number of para-hydroxylation sites is 1. The molecule has 16 heavy (non-hydrogen) atoms. The van der Waals surface area contributed by atoms with Crippen LogP contribution < -0.4 is 11.1 Å². The number of hydrogen-bond donors (Lipinski definition) is 2. The van der Waals surface area contributed by atoms with Gasteiger partial charge >= 0.3 is 0 Å². The van der Waals surface area contributed by atoms with E-state index in [1.807, 2.05) is 24.3 Å². The molecule has 0 aliphatic carbocycles. The van der Waals surface area contributed by atoms with Crippen molar-refractivity contribution in [3.8, 4) is 0 Å². The minimum absolute atomic E-state index is 0.757. The minimum Gasteiger partial charge on any atom is -0.398 e. The fourth-order valence-electron chi connectivity index (χ4n) is 1.46. The van der Waals surface area contributed by atoms with Gasteiger partial charge in [-0.25, -0.2) is 0 Å². The van der Waals surface area contributed by atoms with E-state index in [9.17, 15) is 0 Å². The average Bonchev–Trinajstić information content (AvgIpc) is 2.30. The lowest BCUT2D eigenvalue weighted by molar-refractivity contribution is 1.15. The van der Waals surface area contributed by atoms with E-state index in [1.54, 1.807) is 0 Å². The topological polar surface area (TPSA) is 38.0 Å². The van der Waals surface area contributed by atoms with Crippen molar-refractivity contribution in [3.63, 3.8) is 0 Å². The van der Waals surface area contributed by atoms with Crippen LogP contribution in [-0.4, -0.2) is 0 Å². The van der Waals surface area contributed by atoms with E-state index in [2.05, 4.69) is 52.2 Å². The molecule has 2 rings (SSSR count). The van der Waals surface area contributed by atoms with Crippen molar-refractivity contribution < 1.29 is 0 Å². The Morgan fingerprint density at radius 2 is 1.69 bits per heavy atom. The van der Waals surface area contributed by atoms with Gasteiger partial charge in [0.1, 0.15) is 0 Å². The molecule has 0 saturated heterocycles. The Balaban J connectivity index is 2.02. The molecule has 0 aromatic heterocycles. The van der Waals surface area contributed by atoms with Gasteiger partial charge < -0.3 is 11.1 Å². The second-order valence-corrected chi connectivity index (χ2v) is 4.80. The summed E-state index contributed by atoms with van der Waals surface area (Å²) < 4.78 is 1.24. The van der Waals surface area contributed by atoms with E-state index in [0.29, 0.717) is 0 Å². The summed E-state index contributed by atoms with van der Waals surface area (Å²) in [6, 6.07) is 16.2. The van der Waals surface area contributed by atoms with Crippen molar-refractivity contribution in [1.82, 2.24) is 0 Å². The van der Waals surface area contributed by atoms with Gasteiger partial charge in [0.05, 0.1) is 0 Å². The normalized spacial score (nSPS) is 10.1. The zero-order chi connectivity index (χ0) is 11.4. The first kappa shape index (κ1) is 11.3. The maximum atomic E-state index is 5.87. The first-order chi connectivity index (χ1) is 7.75. The second kappa shape index (κ2) is 5.21. The predicted octanol–water partition coefficient (Wildman–Crippen LogP) is 3.49. The van der Waals surface area contributed by atoms with E-state index in [1.165, 1.54) is 3.57 Å². The van der Waals surface area contributed by atoms with Gasteiger partial charge in [0.15, 0.2) is 0 Å². The van der Waals surface area contributed by atoms with Crippen LogP contribution in [0.1, 0.15) is 5.56 Å². The maximum absolute atomic E-state index is 5.87. The van der Waals surface area contributed by atoms with Crippen LogP contribution in [0.15, 0.2) is 48.5 Å². The maximum Gasteiger partial charge on any atom is 0.0421 e. The Labute approximate surface area is 109 Å². The first-order valence-electron chi connectivity index (χ1n) is 5.08. The zero-order valence-corrected chi connectivity index (χ0v) is 10.9. The number of nitrogens with two attached hydrogens (primary N) is 1. The molecule has 0 heterocycles. The molecular weight excluding hydrogens is 311 g/mol. The lowest BCUT2D eigenvalue weighted by atomic mass is 10.2. The quantitative estimate of drug-likeness (QED) is 0.670. The molecule has 0 amide bonds. The molecule has 0 bridgehead atoms. The van der Waals surface area contributed by atoms with E-state index in [0.717, 1.165) is 23.5 Å². The largest absolute Gasteiger partial charge is 0.398 e. The minimum atomic E-state index is 0.757. The van der Waals surface area contributed by atoms with Crippen molar-refractivity contribution in [2.24, 2.45) is 0 Å². The van der Waals surface area contributed by atoms with E-state index < -0.39 is 0 Å². The van der Waals surface area contributed by atoms with Crippen molar-refractivity contribution in [2.45, 2.75) is 6.54 Å². The predicted molar refractivity (Wildman–Crippen MR) is 77.3 cm³/mol. The average molecular weight is 324 g/mol. The van der Waals surface area contributed by atoms with Gasteiger partial charge in [-0.15, -0.1) is 0 Å². The van der Waals surface area contributed by atoms with Crippen LogP contribution in [-0.2, 0) is 6.54 Å². The van der Waals surface area contributed by atoms with Crippen LogP contribution in [0.3, 0.4) is 0 Å². The summed E-state index contributed by atoms with van der Waals surface area (Å²) in [5.74, 6) is 0. The summed E-state index contributed by atoms with van der Waals surface area (Å²) in [5, 5.41) is 3.35. The zero-order valence-electron chi connectivity index (χ0n) is 8.78. The first-order valence-corrected chi connectivity index (χ1v) is 6.16. The third kappa shape index (κ3) is 2.88. The molecule has 82 valence electrons. The molecule has 0 spiro atoms. The molecule has 0 unspecified atom stereocenters. The van der Waals surface area contributed by atoms with Gasteiger partial charge in [-0.05, 0) is 58.5 Å². The SMILES string of the molecule is Nc1ccccc1CNc1ccc(I)cc1. The Kier molecular flexibility index (Phi) is 3.66. The highest BCUT2D eigenvalue weighted by Crippen LogP contribution is 2.15. The summed E-state index contributed by atoms with van der Waals surface area (Å²) in [6.07, 6.45) is 0. The van der Waals surface area contributed by atoms with Gasteiger partial charge in [0, 0.05) is 21.5 Å². The molecular formula is C13H13IN2. The lowest BCUT2D eigenvalue weighted by Crippen LogP contribution is -2.02. The van der Waals surface area contributed by atoms with Crippen molar-refractivity contribution in [2.75, 3.05) is 11.1 Å². The molecule has 0 fully saturated rings. The van der Waals surface area contributed by atoms with Gasteiger partial charge in [0.25, 0.3) is 0 Å². The molecule has 0 saturated carbocycles. The van der Waals surface area contributed by atoms with Crippen molar-refractivity contribution in [1.29, 1.82) is 0 Å². The van der Waals surface area contributed by atoms with Crippen LogP contribution in [0.4, 0.5) is 11.4 Å². The molecule has 0 atom stereocenters. The van der Waals surface area contributed by atoms with E-state index >= 15 is 0 Å². The number of anilines is 2. The fraction of sp³-hybridized carbons (Fsp3) is 0.0769. The Morgan fingerprint density at radius 3 is 2.38 bits per heavy atom. The number of rotatable bonds is 3. The Hall–Kier alpha value is -1.23. The van der Waals surface area contributed by atoms with E-state index in [-0.39, 0.29) is 0 Å². The van der Waals surface area contributed by atoms with Crippen molar-refractivity contribution >= 4 is 34.0 Å². The fourth-order valence-corrected chi connectivity index (χ4v) is 1.82. The molecule has 3 heteroatoms. The van der Waals surface area contributed by atoms with Crippen molar-refractivity contribution in [3.05, 3.63) is 57.7 Å². The van der Waals surface area contributed by atoms with Gasteiger partial charge in [0.2, 0.25) is 0 Å². The highest BCUT2D eigenvalue weighted by atomic mass is 127. The highest BCUT2D eigenvalue weighted by Gasteiger charge is 1.97. The van der Waals surface area contributed by atoms with Crippen LogP contribution in [0.25, 0.3) is 0 Å². The third-order valence-corrected chi connectivity index (χ3v) is 3.10. The van der Waals surface area contributed by atoms with Crippen LogP contribution >= 0.6 is 22.6 Å². The summed E-state index contributed by atoms with van der Waals surface area (Å²) in [5.41, 5.74) is 8.94. The summed E-state index contributed by atoms with van der Waals surface area (Å²) in [7, 11) is 0. The Morgan fingerprint density at radius 1 is 1.00 bits per heavy atom. The summed E-state index contributed by atoms with van der Waals surface area (Å²) >= 11 is 2.29. The molecule has 2 aromatic rings. The standard InChI is InChI=1S/C13H13IN2/c14-11-5-7-12(8-6-11)16-9-10-3-1-2-4-13(10)15/h1-8,16H,9,15H2. The molecule has 2 nitrogen and oxygen atoms in total. The van der Waals surface area contributed by atoms with E-state index in [4.69, 9.17) is 5.73 Å². The highest BCUT2D eigenvalue weighted by molar-refractivity contribution is 14.1. The number of hydrogen-bond acceptors (Lipinski definition) is 2. The van der Waals surface area contributed by atoms with Crippen LogP contribution in [0.2, 0.25) is 0 Å². The molecule has 0 aliphatic rings. The summed E-state index contributed by atoms with van der Waals surface area (Å²) in [4.78, 5) is 0. The smallest absolute Gasteiger partial charge is 0.0421 e. The van der Waals surface area contributed by atoms with Gasteiger partial charge in [-0.3, -0.25) is 0 Å². The van der Waals surface area contributed by atoms with Gasteiger partial charge in [-0.1, -0.05) is 18.2 Å². The molecule has 3 N–H and O–H groups in total.